The number of piperazine rings is 1. The third kappa shape index (κ3) is 3.79. The molecule has 0 N–H and O–H groups in total. The second-order valence-electron chi connectivity index (χ2n) is 6.85. The van der Waals surface area contributed by atoms with Crippen molar-refractivity contribution in [1.29, 1.82) is 0 Å². The van der Waals surface area contributed by atoms with Crippen LogP contribution >= 0.6 is 15.9 Å². The van der Waals surface area contributed by atoms with Gasteiger partial charge >= 0.3 is 12.2 Å². The number of hydrogen-bond donors (Lipinski definition) is 0. The summed E-state index contributed by atoms with van der Waals surface area (Å²) in [5.74, 6) is -0.447. The number of hydrogen-bond acceptors (Lipinski definition) is 5. The molecule has 0 radical (unpaired) electrons. The molecule has 2 aliphatic rings. The molecule has 2 rings (SSSR count). The van der Waals surface area contributed by atoms with Crippen LogP contribution in [0.5, 0.6) is 0 Å². The molecule has 1 aliphatic carbocycles. The van der Waals surface area contributed by atoms with Gasteiger partial charge < -0.3 is 9.47 Å². The highest BCUT2D eigenvalue weighted by atomic mass is 79.9. The van der Waals surface area contributed by atoms with Gasteiger partial charge in [-0.15, -0.1) is 0 Å². The normalized spacial score (nSPS) is 28.2. The van der Waals surface area contributed by atoms with Crippen LogP contribution in [-0.2, 0) is 14.3 Å². The number of ether oxygens (including phenoxy) is 2. The summed E-state index contributed by atoms with van der Waals surface area (Å²) >= 11 is 3.56. The summed E-state index contributed by atoms with van der Waals surface area (Å²) in [6, 6.07) is -0.704. The number of fused-ring (bicyclic) bond motifs is 1. The maximum absolute atomic E-state index is 12.5. The molecule has 0 spiro atoms. The van der Waals surface area contributed by atoms with E-state index in [2.05, 4.69) is 15.9 Å². The minimum Gasteiger partial charge on any atom is -0.453 e. The van der Waals surface area contributed by atoms with Crippen molar-refractivity contribution in [2.24, 2.45) is 0 Å². The first kappa shape index (κ1) is 18.0. The quantitative estimate of drug-likeness (QED) is 0.593. The van der Waals surface area contributed by atoms with Crippen LogP contribution in [0.1, 0.15) is 40.0 Å². The summed E-state index contributed by atoms with van der Waals surface area (Å²) in [4.78, 5) is 39.5. The Hall–Kier alpha value is -1.31. The number of carbonyl (C=O) groups is 3. The largest absolute Gasteiger partial charge is 0.453 e. The zero-order valence-electron chi connectivity index (χ0n) is 13.9. The Labute approximate surface area is 144 Å². The van der Waals surface area contributed by atoms with Gasteiger partial charge in [0, 0.05) is 4.83 Å². The third-order valence-electron chi connectivity index (χ3n) is 4.02. The zero-order chi connectivity index (χ0) is 17.4. The highest BCUT2D eigenvalue weighted by Crippen LogP contribution is 2.35. The van der Waals surface area contributed by atoms with E-state index in [1.807, 2.05) is 0 Å². The molecule has 0 aromatic carbocycles. The van der Waals surface area contributed by atoms with E-state index < -0.39 is 29.7 Å². The molecule has 0 unspecified atom stereocenters. The summed E-state index contributed by atoms with van der Waals surface area (Å²) in [6.07, 6.45) is 1.24. The van der Waals surface area contributed by atoms with E-state index >= 15 is 0 Å². The Morgan fingerprint density at radius 2 is 1.87 bits per heavy atom. The van der Waals surface area contributed by atoms with Gasteiger partial charge in [0.25, 0.3) is 5.91 Å². The molecule has 1 saturated heterocycles. The van der Waals surface area contributed by atoms with Gasteiger partial charge in [0.1, 0.15) is 12.1 Å². The third-order valence-corrected chi connectivity index (χ3v) is 5.02. The highest BCUT2D eigenvalue weighted by Gasteiger charge is 2.51. The minimum atomic E-state index is -0.692. The number of imide groups is 1. The number of nitrogens with zero attached hydrogens (tertiary/aromatic N) is 2. The van der Waals surface area contributed by atoms with Gasteiger partial charge in [0.15, 0.2) is 0 Å². The predicted molar refractivity (Wildman–Crippen MR) is 86.3 cm³/mol. The number of amides is 3. The summed E-state index contributed by atoms with van der Waals surface area (Å²) in [5, 5.41) is 0. The summed E-state index contributed by atoms with van der Waals surface area (Å²) in [7, 11) is 1.29. The molecular weight excluding hydrogens is 368 g/mol. The molecule has 1 saturated carbocycles. The fourth-order valence-electron chi connectivity index (χ4n) is 3.14. The highest BCUT2D eigenvalue weighted by molar-refractivity contribution is 9.09. The van der Waals surface area contributed by atoms with Crippen molar-refractivity contribution in [3.63, 3.8) is 0 Å². The van der Waals surface area contributed by atoms with Crippen molar-refractivity contribution >= 4 is 34.0 Å². The molecule has 130 valence electrons. The van der Waals surface area contributed by atoms with Crippen LogP contribution in [0.2, 0.25) is 0 Å². The number of halogens is 1. The smallest absolute Gasteiger partial charge is 0.417 e. The molecule has 3 amide bonds. The van der Waals surface area contributed by atoms with Gasteiger partial charge in [-0.25, -0.2) is 14.5 Å². The van der Waals surface area contributed by atoms with Crippen LogP contribution in [0, 0.1) is 0 Å². The van der Waals surface area contributed by atoms with Gasteiger partial charge in [-0.3, -0.25) is 9.69 Å². The lowest BCUT2D eigenvalue weighted by atomic mass is 9.86. The molecule has 0 aromatic rings. The van der Waals surface area contributed by atoms with E-state index in [0.29, 0.717) is 6.42 Å². The van der Waals surface area contributed by atoms with E-state index in [1.54, 1.807) is 20.8 Å². The molecule has 1 aliphatic heterocycles. The topological polar surface area (TPSA) is 76.2 Å². The summed E-state index contributed by atoms with van der Waals surface area (Å²) < 4.78 is 10.2. The molecule has 0 bridgehead atoms. The van der Waals surface area contributed by atoms with Gasteiger partial charge in [-0.1, -0.05) is 22.4 Å². The first-order chi connectivity index (χ1) is 10.7. The lowest BCUT2D eigenvalue weighted by Gasteiger charge is -2.49. The average molecular weight is 391 g/mol. The van der Waals surface area contributed by atoms with E-state index in [9.17, 15) is 14.4 Å². The van der Waals surface area contributed by atoms with E-state index in [1.165, 1.54) is 16.9 Å². The molecule has 0 aromatic heterocycles. The van der Waals surface area contributed by atoms with Gasteiger partial charge in [0.2, 0.25) is 0 Å². The fourth-order valence-corrected chi connectivity index (χ4v) is 4.05. The SMILES string of the molecule is COC(=O)N1CC(=O)N(C(=O)OC(C)(C)C)[C@@H]2[C@@H](Br)CCC[C@@H]21. The predicted octanol–water partition coefficient (Wildman–Crippen LogP) is 2.52. The average Bonchev–Trinajstić information content (AvgIpc) is 2.44. The lowest BCUT2D eigenvalue weighted by molar-refractivity contribution is -0.141. The second kappa shape index (κ2) is 6.67. The zero-order valence-corrected chi connectivity index (χ0v) is 15.5. The van der Waals surface area contributed by atoms with Crippen molar-refractivity contribution in [3.8, 4) is 0 Å². The molecule has 7 nitrogen and oxygen atoms in total. The molecule has 1 heterocycles. The van der Waals surface area contributed by atoms with Crippen LogP contribution < -0.4 is 0 Å². The Bertz CT molecular complexity index is 505. The number of methoxy groups -OCH3 is 1. The molecular formula is C15H23BrN2O5. The van der Waals surface area contributed by atoms with Crippen LogP contribution in [-0.4, -0.2) is 64.1 Å². The summed E-state index contributed by atoms with van der Waals surface area (Å²) in [6.45, 7) is 5.09. The Morgan fingerprint density at radius 3 is 2.43 bits per heavy atom. The molecule has 2 fully saturated rings. The van der Waals surface area contributed by atoms with E-state index in [4.69, 9.17) is 9.47 Å². The fraction of sp³-hybridized carbons (Fsp3) is 0.800. The maximum atomic E-state index is 12.5. The van der Waals surface area contributed by atoms with Crippen molar-refractivity contribution in [2.45, 2.75) is 62.5 Å². The van der Waals surface area contributed by atoms with Gasteiger partial charge in [-0.2, -0.15) is 0 Å². The first-order valence-corrected chi connectivity index (χ1v) is 8.61. The minimum absolute atomic E-state index is 0.0785. The second-order valence-corrected chi connectivity index (χ2v) is 8.02. The summed E-state index contributed by atoms with van der Waals surface area (Å²) in [5.41, 5.74) is -0.692. The molecule has 3 atom stereocenters. The van der Waals surface area contributed by atoms with Crippen LogP contribution in [0.4, 0.5) is 9.59 Å². The van der Waals surface area contributed by atoms with Crippen LogP contribution in [0.15, 0.2) is 0 Å². The maximum Gasteiger partial charge on any atom is 0.417 e. The number of rotatable bonds is 0. The van der Waals surface area contributed by atoms with Crippen LogP contribution in [0.25, 0.3) is 0 Å². The van der Waals surface area contributed by atoms with Crippen molar-refractivity contribution in [1.82, 2.24) is 9.80 Å². The first-order valence-electron chi connectivity index (χ1n) is 7.69. The Kier molecular flexibility index (Phi) is 5.23. The standard InChI is InChI=1S/C15H23BrN2O5/c1-15(2,3)23-14(21)18-11(19)8-17(13(20)22-4)10-7-5-6-9(16)12(10)18/h9-10,12H,5-8H2,1-4H3/t9-,10-,12+/m0/s1. The number of carbonyl (C=O) groups excluding carboxylic acids is 3. The van der Waals surface area contributed by atoms with Gasteiger partial charge in [0.05, 0.1) is 19.2 Å². The van der Waals surface area contributed by atoms with E-state index in [0.717, 1.165) is 12.8 Å². The van der Waals surface area contributed by atoms with E-state index in [-0.39, 0.29) is 17.4 Å². The van der Waals surface area contributed by atoms with Crippen LogP contribution in [0.3, 0.4) is 0 Å². The van der Waals surface area contributed by atoms with Crippen molar-refractivity contribution < 1.29 is 23.9 Å². The lowest BCUT2D eigenvalue weighted by Crippen LogP contribution is -2.68. The van der Waals surface area contributed by atoms with Crippen molar-refractivity contribution in [3.05, 3.63) is 0 Å². The van der Waals surface area contributed by atoms with Crippen molar-refractivity contribution in [2.75, 3.05) is 13.7 Å². The monoisotopic (exact) mass is 390 g/mol. The van der Waals surface area contributed by atoms with Gasteiger partial charge in [-0.05, 0) is 33.6 Å². The molecule has 23 heavy (non-hydrogen) atoms. The molecule has 8 heteroatoms. The number of alkyl halides is 1. The Balaban J connectivity index is 2.31. The Morgan fingerprint density at radius 1 is 1.22 bits per heavy atom.